The van der Waals surface area contributed by atoms with Crippen LogP contribution in [0, 0.1) is 19.7 Å². The van der Waals surface area contributed by atoms with Gasteiger partial charge in [0.05, 0.1) is 5.69 Å². The third kappa shape index (κ3) is 1.77. The Labute approximate surface area is 96.3 Å². The van der Waals surface area contributed by atoms with Gasteiger partial charge in [-0.3, -0.25) is 0 Å². The van der Waals surface area contributed by atoms with Crippen LogP contribution in [0.5, 0.6) is 0 Å². The zero-order valence-electron chi connectivity index (χ0n) is 8.91. The van der Waals surface area contributed by atoms with E-state index in [4.69, 9.17) is 5.84 Å². The number of nitrogens with zero attached hydrogens (tertiary/aromatic N) is 2. The standard InChI is InChI=1S/C10H11FN4S/c1-5-3-16-4-7(5)9-13-6(2)8(11)10(14-9)15-12/h3-4H,12H2,1-2H3,(H,13,14,15). The molecule has 0 radical (unpaired) electrons. The van der Waals surface area contributed by atoms with Crippen LogP contribution >= 0.6 is 11.3 Å². The first-order valence-electron chi connectivity index (χ1n) is 4.67. The van der Waals surface area contributed by atoms with Crippen molar-refractivity contribution in [2.24, 2.45) is 5.84 Å². The number of aromatic nitrogens is 2. The Morgan fingerprint density at radius 2 is 2.06 bits per heavy atom. The Morgan fingerprint density at radius 3 is 2.62 bits per heavy atom. The van der Waals surface area contributed by atoms with Crippen molar-refractivity contribution in [1.29, 1.82) is 0 Å². The monoisotopic (exact) mass is 238 g/mol. The van der Waals surface area contributed by atoms with Gasteiger partial charge in [0.1, 0.15) is 0 Å². The molecule has 2 aromatic rings. The fourth-order valence-electron chi connectivity index (χ4n) is 1.36. The minimum atomic E-state index is -0.515. The van der Waals surface area contributed by atoms with Crippen LogP contribution in [0.2, 0.25) is 0 Å². The quantitative estimate of drug-likeness (QED) is 0.622. The van der Waals surface area contributed by atoms with Crippen LogP contribution < -0.4 is 11.3 Å². The fraction of sp³-hybridized carbons (Fsp3) is 0.200. The Kier molecular flexibility index (Phi) is 2.84. The minimum Gasteiger partial charge on any atom is -0.306 e. The van der Waals surface area contributed by atoms with Gasteiger partial charge in [-0.2, -0.15) is 11.3 Å². The third-order valence-electron chi connectivity index (χ3n) is 2.25. The summed E-state index contributed by atoms with van der Waals surface area (Å²) in [6, 6.07) is 0. The summed E-state index contributed by atoms with van der Waals surface area (Å²) in [5.74, 6) is 5.20. The molecule has 0 unspecified atom stereocenters. The summed E-state index contributed by atoms with van der Waals surface area (Å²) in [6.07, 6.45) is 0. The molecule has 6 heteroatoms. The molecule has 2 heterocycles. The second-order valence-corrected chi connectivity index (χ2v) is 4.15. The lowest BCUT2D eigenvalue weighted by molar-refractivity contribution is 0.606. The molecule has 0 aliphatic carbocycles. The summed E-state index contributed by atoms with van der Waals surface area (Å²) in [5, 5.41) is 3.93. The first-order chi connectivity index (χ1) is 7.63. The van der Waals surface area contributed by atoms with E-state index in [0.717, 1.165) is 11.1 Å². The number of anilines is 1. The number of aryl methyl sites for hydroxylation is 2. The molecule has 0 bridgehead atoms. The van der Waals surface area contributed by atoms with Crippen LogP contribution in [-0.4, -0.2) is 9.97 Å². The predicted octanol–water partition coefficient (Wildman–Crippen LogP) is 2.25. The van der Waals surface area contributed by atoms with Gasteiger partial charge in [-0.05, 0) is 24.8 Å². The molecule has 2 aromatic heterocycles. The highest BCUT2D eigenvalue weighted by atomic mass is 32.1. The molecular weight excluding hydrogens is 227 g/mol. The average Bonchev–Trinajstić information content (AvgIpc) is 2.68. The van der Waals surface area contributed by atoms with Gasteiger partial charge in [-0.15, -0.1) is 0 Å². The summed E-state index contributed by atoms with van der Waals surface area (Å²) in [5.41, 5.74) is 4.49. The summed E-state index contributed by atoms with van der Waals surface area (Å²) >= 11 is 1.56. The number of nitrogens with two attached hydrogens (primary N) is 1. The van der Waals surface area contributed by atoms with Gasteiger partial charge in [-0.1, -0.05) is 0 Å². The van der Waals surface area contributed by atoms with E-state index in [0.29, 0.717) is 5.82 Å². The molecule has 0 saturated carbocycles. The molecule has 0 aliphatic rings. The second kappa shape index (κ2) is 4.15. The molecule has 0 saturated heterocycles. The number of hydrogen-bond donors (Lipinski definition) is 2. The smallest absolute Gasteiger partial charge is 0.187 e. The number of hydrogen-bond acceptors (Lipinski definition) is 5. The first kappa shape index (κ1) is 11.0. The maximum atomic E-state index is 13.5. The van der Waals surface area contributed by atoms with Crippen LogP contribution in [0.4, 0.5) is 10.2 Å². The van der Waals surface area contributed by atoms with Crippen molar-refractivity contribution in [2.45, 2.75) is 13.8 Å². The molecule has 4 nitrogen and oxygen atoms in total. The minimum absolute atomic E-state index is 0.0214. The lowest BCUT2D eigenvalue weighted by Crippen LogP contribution is -2.13. The highest BCUT2D eigenvalue weighted by molar-refractivity contribution is 7.08. The molecule has 84 valence electrons. The van der Waals surface area contributed by atoms with Crippen LogP contribution in [0.1, 0.15) is 11.3 Å². The number of nitrogens with one attached hydrogen (secondary N) is 1. The number of halogens is 1. The normalized spacial score (nSPS) is 10.5. The van der Waals surface area contributed by atoms with E-state index in [1.165, 1.54) is 0 Å². The van der Waals surface area contributed by atoms with E-state index in [1.807, 2.05) is 17.7 Å². The van der Waals surface area contributed by atoms with Gasteiger partial charge in [0, 0.05) is 10.9 Å². The van der Waals surface area contributed by atoms with Crippen molar-refractivity contribution in [2.75, 3.05) is 5.43 Å². The van der Waals surface area contributed by atoms with Crippen LogP contribution in [-0.2, 0) is 0 Å². The number of rotatable bonds is 2. The lowest BCUT2D eigenvalue weighted by Gasteiger charge is -2.06. The molecule has 0 aromatic carbocycles. The Balaban J connectivity index is 2.59. The molecule has 0 spiro atoms. The molecule has 0 amide bonds. The van der Waals surface area contributed by atoms with Crippen molar-refractivity contribution >= 4 is 17.2 Å². The van der Waals surface area contributed by atoms with E-state index in [2.05, 4.69) is 15.4 Å². The highest BCUT2D eigenvalue weighted by Crippen LogP contribution is 2.26. The van der Waals surface area contributed by atoms with Gasteiger partial charge in [0.25, 0.3) is 0 Å². The third-order valence-corrected chi connectivity index (χ3v) is 3.11. The van der Waals surface area contributed by atoms with Crippen molar-refractivity contribution in [3.05, 3.63) is 27.8 Å². The molecule has 0 fully saturated rings. The maximum absolute atomic E-state index is 13.5. The Morgan fingerprint density at radius 1 is 1.31 bits per heavy atom. The lowest BCUT2D eigenvalue weighted by atomic mass is 10.2. The first-order valence-corrected chi connectivity index (χ1v) is 5.61. The van der Waals surface area contributed by atoms with E-state index < -0.39 is 5.82 Å². The predicted molar refractivity (Wildman–Crippen MR) is 62.6 cm³/mol. The second-order valence-electron chi connectivity index (χ2n) is 3.41. The zero-order chi connectivity index (χ0) is 11.7. The Hall–Kier alpha value is -1.53. The number of hydrazine groups is 1. The molecule has 2 rings (SSSR count). The summed E-state index contributed by atoms with van der Waals surface area (Å²) in [7, 11) is 0. The number of thiophene rings is 1. The van der Waals surface area contributed by atoms with Crippen molar-refractivity contribution in [3.8, 4) is 11.4 Å². The Bertz CT molecular complexity index is 524. The van der Waals surface area contributed by atoms with Gasteiger partial charge < -0.3 is 5.43 Å². The van der Waals surface area contributed by atoms with Gasteiger partial charge >= 0.3 is 0 Å². The maximum Gasteiger partial charge on any atom is 0.187 e. The molecule has 3 N–H and O–H groups in total. The molecule has 16 heavy (non-hydrogen) atoms. The summed E-state index contributed by atoms with van der Waals surface area (Å²) in [6.45, 7) is 3.55. The topological polar surface area (TPSA) is 63.8 Å². The van der Waals surface area contributed by atoms with E-state index in [1.54, 1.807) is 18.3 Å². The summed E-state index contributed by atoms with van der Waals surface area (Å²) < 4.78 is 13.5. The van der Waals surface area contributed by atoms with Crippen molar-refractivity contribution in [1.82, 2.24) is 9.97 Å². The van der Waals surface area contributed by atoms with Gasteiger partial charge in [0.2, 0.25) is 0 Å². The fourth-order valence-corrected chi connectivity index (χ4v) is 2.19. The average molecular weight is 238 g/mol. The van der Waals surface area contributed by atoms with Crippen LogP contribution in [0.15, 0.2) is 10.8 Å². The SMILES string of the molecule is Cc1cscc1-c1nc(C)c(F)c(NN)n1. The summed E-state index contributed by atoms with van der Waals surface area (Å²) in [4.78, 5) is 8.15. The van der Waals surface area contributed by atoms with Crippen LogP contribution in [0.3, 0.4) is 0 Å². The van der Waals surface area contributed by atoms with E-state index >= 15 is 0 Å². The van der Waals surface area contributed by atoms with Gasteiger partial charge in [-0.25, -0.2) is 20.2 Å². The van der Waals surface area contributed by atoms with Crippen molar-refractivity contribution < 1.29 is 4.39 Å². The highest BCUT2D eigenvalue weighted by Gasteiger charge is 2.13. The molecule has 0 atom stereocenters. The number of nitrogen functional groups attached to an aromatic ring is 1. The van der Waals surface area contributed by atoms with Crippen LogP contribution in [0.25, 0.3) is 11.4 Å². The zero-order valence-corrected chi connectivity index (χ0v) is 9.73. The van der Waals surface area contributed by atoms with E-state index in [9.17, 15) is 4.39 Å². The largest absolute Gasteiger partial charge is 0.306 e. The van der Waals surface area contributed by atoms with Gasteiger partial charge in [0.15, 0.2) is 17.5 Å². The van der Waals surface area contributed by atoms with E-state index in [-0.39, 0.29) is 11.5 Å². The molecular formula is C10H11FN4S. The van der Waals surface area contributed by atoms with Crippen molar-refractivity contribution in [3.63, 3.8) is 0 Å². The molecule has 0 aliphatic heterocycles.